The van der Waals surface area contributed by atoms with Gasteiger partial charge in [0.05, 0.1) is 5.41 Å². The van der Waals surface area contributed by atoms with E-state index in [-0.39, 0.29) is 11.3 Å². The molecule has 0 aromatic heterocycles. The lowest BCUT2D eigenvalue weighted by molar-refractivity contribution is -0.127. The van der Waals surface area contributed by atoms with Gasteiger partial charge in [-0.15, -0.1) is 0 Å². The van der Waals surface area contributed by atoms with Crippen molar-refractivity contribution in [3.05, 3.63) is 0 Å². The molecule has 0 aromatic rings. The fraction of sp³-hybridized carbons (Fsp3) is 0.923. The van der Waals surface area contributed by atoms with Gasteiger partial charge in [-0.3, -0.25) is 4.79 Å². The van der Waals surface area contributed by atoms with Gasteiger partial charge in [-0.25, -0.2) is 0 Å². The third-order valence-electron chi connectivity index (χ3n) is 4.32. The van der Waals surface area contributed by atoms with Gasteiger partial charge < -0.3 is 16.0 Å². The Balaban J connectivity index is 1.77. The lowest BCUT2D eigenvalue weighted by Crippen LogP contribution is -2.49. The van der Waals surface area contributed by atoms with Gasteiger partial charge in [0.1, 0.15) is 0 Å². The largest absolute Gasteiger partial charge is 0.353 e. The number of carbonyl (C=O) groups is 1. The van der Waals surface area contributed by atoms with Crippen LogP contribution >= 0.6 is 0 Å². The Morgan fingerprint density at radius 2 is 2.00 bits per heavy atom. The zero-order chi connectivity index (χ0) is 12.5. The number of carbonyl (C=O) groups excluding carboxylic acids is 1. The average Bonchev–Trinajstić information content (AvgIpc) is 3.10. The van der Waals surface area contributed by atoms with Gasteiger partial charge in [0.2, 0.25) is 5.91 Å². The van der Waals surface area contributed by atoms with E-state index in [1.165, 1.54) is 0 Å². The lowest BCUT2D eigenvalue weighted by Gasteiger charge is -2.35. The Bertz CT molecular complexity index is 278. The Labute approximate surface area is 104 Å². The molecule has 0 spiro atoms. The highest BCUT2D eigenvalue weighted by molar-refractivity contribution is 5.85. The van der Waals surface area contributed by atoms with E-state index in [1.54, 1.807) is 0 Å². The van der Waals surface area contributed by atoms with Crippen molar-refractivity contribution >= 4 is 5.91 Å². The standard InChI is InChI=1S/C13H25N3O/c1-10(2)16-7-3-11(4-8-16)15-12(17)13(9-14)5-6-13/h10-11H,3-9,14H2,1-2H3,(H,15,17). The first-order valence-electron chi connectivity index (χ1n) is 6.82. The molecule has 0 unspecified atom stereocenters. The summed E-state index contributed by atoms with van der Waals surface area (Å²) in [5.74, 6) is 0.197. The maximum absolute atomic E-state index is 12.0. The first kappa shape index (κ1) is 12.8. The Hall–Kier alpha value is -0.610. The topological polar surface area (TPSA) is 58.4 Å². The molecule has 0 atom stereocenters. The average molecular weight is 239 g/mol. The van der Waals surface area contributed by atoms with Gasteiger partial charge >= 0.3 is 0 Å². The fourth-order valence-electron chi connectivity index (χ4n) is 2.57. The SMILES string of the molecule is CC(C)N1CCC(NC(=O)C2(CN)CC2)CC1. The zero-order valence-corrected chi connectivity index (χ0v) is 11.0. The third kappa shape index (κ3) is 2.80. The van der Waals surface area contributed by atoms with E-state index >= 15 is 0 Å². The summed E-state index contributed by atoms with van der Waals surface area (Å²) in [6.07, 6.45) is 4.09. The molecule has 2 fully saturated rings. The maximum atomic E-state index is 12.0. The van der Waals surface area contributed by atoms with Crippen molar-refractivity contribution in [2.24, 2.45) is 11.1 Å². The van der Waals surface area contributed by atoms with E-state index in [0.29, 0.717) is 18.6 Å². The van der Waals surface area contributed by atoms with Crippen molar-refractivity contribution in [3.63, 3.8) is 0 Å². The molecule has 1 heterocycles. The first-order chi connectivity index (χ1) is 8.07. The summed E-state index contributed by atoms with van der Waals surface area (Å²) in [7, 11) is 0. The van der Waals surface area contributed by atoms with Crippen LogP contribution in [0.15, 0.2) is 0 Å². The smallest absolute Gasteiger partial charge is 0.227 e. The van der Waals surface area contributed by atoms with E-state index < -0.39 is 0 Å². The zero-order valence-electron chi connectivity index (χ0n) is 11.0. The molecule has 0 aromatic carbocycles. The normalized spacial score (nSPS) is 24.9. The molecule has 0 radical (unpaired) electrons. The predicted octanol–water partition coefficient (Wildman–Crippen LogP) is 0.714. The fourth-order valence-corrected chi connectivity index (χ4v) is 2.57. The van der Waals surface area contributed by atoms with Gasteiger partial charge in [-0.2, -0.15) is 0 Å². The Morgan fingerprint density at radius 3 is 2.41 bits per heavy atom. The molecule has 3 N–H and O–H groups in total. The van der Waals surface area contributed by atoms with Gasteiger partial charge in [0.25, 0.3) is 0 Å². The van der Waals surface area contributed by atoms with Crippen LogP contribution in [0.3, 0.4) is 0 Å². The van der Waals surface area contributed by atoms with Crippen LogP contribution in [0.25, 0.3) is 0 Å². The van der Waals surface area contributed by atoms with E-state index in [2.05, 4.69) is 24.1 Å². The number of nitrogens with two attached hydrogens (primary N) is 1. The number of piperidine rings is 1. The van der Waals surface area contributed by atoms with Crippen LogP contribution in [0.2, 0.25) is 0 Å². The molecular weight excluding hydrogens is 214 g/mol. The molecule has 1 saturated carbocycles. The van der Waals surface area contributed by atoms with Crippen LogP contribution in [0, 0.1) is 5.41 Å². The van der Waals surface area contributed by atoms with Gasteiger partial charge in [0.15, 0.2) is 0 Å². The summed E-state index contributed by atoms with van der Waals surface area (Å²) in [6, 6.07) is 0.979. The molecule has 1 amide bonds. The van der Waals surface area contributed by atoms with Crippen molar-refractivity contribution < 1.29 is 4.79 Å². The summed E-state index contributed by atoms with van der Waals surface area (Å²) < 4.78 is 0. The van der Waals surface area contributed by atoms with Crippen LogP contribution in [-0.4, -0.2) is 42.5 Å². The number of likely N-dealkylation sites (tertiary alicyclic amines) is 1. The number of hydrogen-bond acceptors (Lipinski definition) is 3. The molecule has 17 heavy (non-hydrogen) atoms. The van der Waals surface area contributed by atoms with Crippen LogP contribution < -0.4 is 11.1 Å². The van der Waals surface area contributed by atoms with Crippen molar-refractivity contribution in [2.45, 2.75) is 51.6 Å². The second-order valence-electron chi connectivity index (χ2n) is 5.86. The summed E-state index contributed by atoms with van der Waals surface area (Å²) in [4.78, 5) is 14.5. The summed E-state index contributed by atoms with van der Waals surface area (Å²) in [6.45, 7) is 7.15. The number of amides is 1. The molecule has 98 valence electrons. The second kappa shape index (κ2) is 4.94. The van der Waals surface area contributed by atoms with Crippen LogP contribution in [0.4, 0.5) is 0 Å². The van der Waals surface area contributed by atoms with E-state index in [0.717, 1.165) is 38.8 Å². The van der Waals surface area contributed by atoms with Crippen molar-refractivity contribution in [2.75, 3.05) is 19.6 Å². The molecule has 0 bridgehead atoms. The van der Waals surface area contributed by atoms with Crippen LogP contribution in [0.1, 0.15) is 39.5 Å². The molecule has 2 aliphatic rings. The Kier molecular flexibility index (Phi) is 3.73. The van der Waals surface area contributed by atoms with Gasteiger partial charge in [-0.1, -0.05) is 0 Å². The van der Waals surface area contributed by atoms with Crippen molar-refractivity contribution in [3.8, 4) is 0 Å². The third-order valence-corrected chi connectivity index (χ3v) is 4.32. The highest BCUT2D eigenvalue weighted by Crippen LogP contribution is 2.44. The number of nitrogens with zero attached hydrogens (tertiary/aromatic N) is 1. The van der Waals surface area contributed by atoms with Gasteiger partial charge in [0, 0.05) is 31.7 Å². The van der Waals surface area contributed by atoms with E-state index in [9.17, 15) is 4.79 Å². The van der Waals surface area contributed by atoms with E-state index in [1.807, 2.05) is 0 Å². The quantitative estimate of drug-likeness (QED) is 0.760. The molecule has 1 aliphatic heterocycles. The van der Waals surface area contributed by atoms with Gasteiger partial charge in [-0.05, 0) is 39.5 Å². The van der Waals surface area contributed by atoms with Crippen LogP contribution in [-0.2, 0) is 4.79 Å². The molecule has 4 nitrogen and oxygen atoms in total. The Morgan fingerprint density at radius 1 is 1.41 bits per heavy atom. The van der Waals surface area contributed by atoms with E-state index in [4.69, 9.17) is 5.73 Å². The minimum Gasteiger partial charge on any atom is -0.353 e. The molecule has 4 heteroatoms. The molecule has 1 saturated heterocycles. The molecular formula is C13H25N3O. The predicted molar refractivity (Wildman–Crippen MR) is 68.6 cm³/mol. The van der Waals surface area contributed by atoms with Crippen molar-refractivity contribution in [1.29, 1.82) is 0 Å². The first-order valence-corrected chi connectivity index (χ1v) is 6.82. The van der Waals surface area contributed by atoms with Crippen LogP contribution in [0.5, 0.6) is 0 Å². The van der Waals surface area contributed by atoms with Crippen molar-refractivity contribution in [1.82, 2.24) is 10.2 Å². The molecule has 1 aliphatic carbocycles. The summed E-state index contributed by atoms with van der Waals surface area (Å²) >= 11 is 0. The molecule has 2 rings (SSSR count). The lowest BCUT2D eigenvalue weighted by atomic mass is 10.0. The number of rotatable bonds is 4. The highest BCUT2D eigenvalue weighted by atomic mass is 16.2. The minimum absolute atomic E-state index is 0.197. The maximum Gasteiger partial charge on any atom is 0.227 e. The second-order valence-corrected chi connectivity index (χ2v) is 5.86. The monoisotopic (exact) mass is 239 g/mol. The summed E-state index contributed by atoms with van der Waals surface area (Å²) in [5.41, 5.74) is 5.47. The minimum atomic E-state index is -0.199. The number of nitrogens with one attached hydrogen (secondary N) is 1. The summed E-state index contributed by atoms with van der Waals surface area (Å²) in [5, 5.41) is 3.19. The highest BCUT2D eigenvalue weighted by Gasteiger charge is 2.48. The number of hydrogen-bond donors (Lipinski definition) is 2.